The summed E-state index contributed by atoms with van der Waals surface area (Å²) >= 11 is 0. The molecule has 0 aromatic rings. The van der Waals surface area contributed by atoms with Gasteiger partial charge in [-0.05, 0) is 154 Å². The normalized spacial score (nSPS) is 14.5. The van der Waals surface area contributed by atoms with Crippen LogP contribution in [0, 0.1) is 0 Å². The maximum absolute atomic E-state index is 13.1. The van der Waals surface area contributed by atoms with Crippen LogP contribution in [0.2, 0.25) is 0 Å². The molecule has 0 bridgehead atoms. The van der Waals surface area contributed by atoms with Crippen LogP contribution >= 0.6 is 15.6 Å². The van der Waals surface area contributed by atoms with Gasteiger partial charge < -0.3 is 34.2 Å². The van der Waals surface area contributed by atoms with Crippen LogP contribution in [0.1, 0.15) is 393 Å². The molecule has 18 heteroatoms. The molecular weight excluding hydrogens is 1530 g/mol. The molecule has 5 unspecified atom stereocenters. The quantitative estimate of drug-likeness (QED) is 0.0146. The van der Waals surface area contributed by atoms with E-state index >= 15 is 0 Å². The molecule has 16 nitrogen and oxygen atoms in total. The highest BCUT2D eigenvalue weighted by Crippen LogP contribution is 2.45. The lowest BCUT2D eigenvalue weighted by Gasteiger charge is -2.21. The van der Waals surface area contributed by atoms with E-state index in [1.807, 2.05) is 0 Å². The van der Waals surface area contributed by atoms with E-state index in [0.717, 1.165) is 173 Å². The van der Waals surface area contributed by atoms with E-state index in [-0.39, 0.29) is 19.3 Å². The molecule has 0 spiro atoms. The van der Waals surface area contributed by atoms with Crippen LogP contribution in [0.25, 0.3) is 0 Å². The summed E-state index contributed by atoms with van der Waals surface area (Å²) in [5.74, 6) is -1.58. The number of rotatable bonds is 89. The number of aliphatic hydroxyl groups excluding tert-OH is 2. The molecule has 0 saturated heterocycles. The first-order valence-electron chi connectivity index (χ1n) is 47.4. The number of allylic oxidation sites excluding steroid dienone is 28. The number of aliphatic hydroxyl groups is 2. The number of carbonyl (C=O) groups excluding carboxylic acids is 3. The number of hydrogen-bond acceptors (Lipinski definition) is 14. The summed E-state index contributed by atoms with van der Waals surface area (Å²) in [6, 6.07) is 0. The van der Waals surface area contributed by atoms with Gasteiger partial charge in [0.05, 0.1) is 26.4 Å². The van der Waals surface area contributed by atoms with Crippen molar-refractivity contribution in [3.63, 3.8) is 0 Å². The molecule has 0 aliphatic heterocycles. The predicted octanol–water partition coefficient (Wildman–Crippen LogP) is 29.4. The number of ether oxygens (including phenoxy) is 3. The van der Waals surface area contributed by atoms with E-state index in [1.165, 1.54) is 161 Å². The Morgan fingerprint density at radius 1 is 0.244 bits per heavy atom. The highest BCUT2D eigenvalue weighted by Gasteiger charge is 2.30. The number of unbranched alkanes of at least 4 members (excludes halogenated alkanes) is 38. The molecule has 0 amide bonds. The smallest absolute Gasteiger partial charge is 0.463 e. The summed E-state index contributed by atoms with van der Waals surface area (Å²) in [6.45, 7) is 2.47. The number of phosphoric acid groups is 2. The lowest BCUT2D eigenvalue weighted by molar-refractivity contribution is -0.161. The minimum atomic E-state index is -4.95. The molecule has 5 atom stereocenters. The van der Waals surface area contributed by atoms with Crippen molar-refractivity contribution >= 4 is 33.6 Å². The zero-order valence-corrected chi connectivity index (χ0v) is 77.0. The van der Waals surface area contributed by atoms with Crippen LogP contribution in [0.4, 0.5) is 0 Å². The van der Waals surface area contributed by atoms with Gasteiger partial charge in [-0.1, -0.05) is 390 Å². The van der Waals surface area contributed by atoms with Crippen LogP contribution in [0.5, 0.6) is 0 Å². The Morgan fingerprint density at radius 3 is 0.706 bits per heavy atom. The summed E-state index contributed by atoms with van der Waals surface area (Å²) < 4.78 is 61.6. The molecule has 0 aromatic carbocycles. The molecule has 0 aliphatic rings. The van der Waals surface area contributed by atoms with E-state index in [4.69, 9.17) is 32.3 Å². The van der Waals surface area contributed by atoms with Gasteiger partial charge in [-0.3, -0.25) is 32.5 Å². The third-order valence-corrected chi connectivity index (χ3v) is 21.8. The van der Waals surface area contributed by atoms with Gasteiger partial charge in [-0.2, -0.15) is 0 Å². The molecule has 4 N–H and O–H groups in total. The van der Waals surface area contributed by atoms with Crippen molar-refractivity contribution < 1.29 is 75.8 Å². The van der Waals surface area contributed by atoms with E-state index in [9.17, 15) is 43.5 Å². The number of carbonyl (C=O) groups is 3. The van der Waals surface area contributed by atoms with Gasteiger partial charge in [0.15, 0.2) is 6.10 Å². The van der Waals surface area contributed by atoms with Gasteiger partial charge >= 0.3 is 33.6 Å². The van der Waals surface area contributed by atoms with Crippen molar-refractivity contribution in [3.8, 4) is 0 Å². The maximum Gasteiger partial charge on any atom is 0.472 e. The summed E-state index contributed by atoms with van der Waals surface area (Å²) in [6.07, 6.45) is 120. The second-order valence-corrected chi connectivity index (χ2v) is 34.3. The number of phosphoric ester groups is 2. The van der Waals surface area contributed by atoms with Crippen molar-refractivity contribution in [1.29, 1.82) is 0 Å². The van der Waals surface area contributed by atoms with Crippen LogP contribution in [-0.4, -0.2) is 95.9 Å². The van der Waals surface area contributed by atoms with Crippen molar-refractivity contribution in [3.05, 3.63) is 170 Å². The van der Waals surface area contributed by atoms with E-state index in [2.05, 4.69) is 191 Å². The number of hydrogen-bond donors (Lipinski definition) is 4. The van der Waals surface area contributed by atoms with E-state index < -0.39 is 91.5 Å². The SMILES string of the molecule is CC/C=C\C/C=C\C/C=C\C/C=C\C/C=C\CCCCCCCCCCCCCCCC(=O)OCC(O)COP(=O)(O)OCC(O)COP(=O)(O)OCC(COC(=O)CCCCCCCCCCCCCCC/C=C\C/C=C\C/C=C\C/C=C\CCCCC)OC(=O)CCCCCCCCCCC/C=C\C/C=C\C/C=C\C/C=C\C/C=C\CC. The average molecular weight is 1700 g/mol. The lowest BCUT2D eigenvalue weighted by atomic mass is 10.0. The number of esters is 3. The molecule has 0 aromatic heterocycles. The van der Waals surface area contributed by atoms with Gasteiger partial charge in [0, 0.05) is 19.3 Å². The highest BCUT2D eigenvalue weighted by molar-refractivity contribution is 7.47. The zero-order valence-electron chi connectivity index (χ0n) is 75.2. The summed E-state index contributed by atoms with van der Waals surface area (Å²) in [5, 5.41) is 20.8. The molecule has 0 saturated carbocycles. The van der Waals surface area contributed by atoms with Gasteiger partial charge in [-0.25, -0.2) is 9.13 Å². The maximum atomic E-state index is 13.1. The van der Waals surface area contributed by atoms with Crippen molar-refractivity contribution in [2.24, 2.45) is 0 Å². The van der Waals surface area contributed by atoms with E-state index in [1.54, 1.807) is 0 Å². The Morgan fingerprint density at radius 2 is 0.445 bits per heavy atom. The van der Waals surface area contributed by atoms with Crippen LogP contribution in [-0.2, 0) is 55.8 Å². The molecule has 682 valence electrons. The first-order chi connectivity index (χ1) is 58.2. The first kappa shape index (κ1) is 114. The first-order valence-corrected chi connectivity index (χ1v) is 50.4. The lowest BCUT2D eigenvalue weighted by Crippen LogP contribution is -2.30. The highest BCUT2D eigenvalue weighted by atomic mass is 31.2. The molecule has 119 heavy (non-hydrogen) atoms. The summed E-state index contributed by atoms with van der Waals surface area (Å²) in [4.78, 5) is 59.1. The standard InChI is InChI=1S/C101H172O16P2/c1-4-7-10-13-16-19-22-25-28-31-34-37-40-43-45-47-49-52-54-57-60-63-66-69-72-75-78-81-84-87-99(104)111-90-96(102)91-113-118(107,108)114-92-97(103)93-115-119(109,110)116-95-98(117-101(106)89-86-83-80-77-74-71-68-65-62-59-56-51-42-39-36-33-30-27-24-21-18-15-12-9-6-3)94-112-100(105)88-85-82-79-76-73-70-67-64-61-58-55-53-50-48-46-44-41-38-35-32-29-26-23-20-17-14-11-8-5-2/h7,9-10,12,16-21,25-30,34-39,43-46,51,56,96-98,102-103H,4-6,8,11,13-15,22-24,31-33,40-42,47-50,52-55,57-95H2,1-3H3,(H,107,108)(H,109,110)/b10-7-,12-9-,19-16-,20-17-,21-18-,28-25-,29-26-,30-27-,37-34-,38-35-,39-36-,45-43-,46-44-,56-51-. The molecule has 0 radical (unpaired) electrons. The van der Waals surface area contributed by atoms with Crippen molar-refractivity contribution in [2.75, 3.05) is 39.6 Å². The Hall–Kier alpha value is -5.09. The van der Waals surface area contributed by atoms with Gasteiger partial charge in [0.2, 0.25) is 0 Å². The predicted molar refractivity (Wildman–Crippen MR) is 500 cm³/mol. The molecule has 0 aliphatic carbocycles. The Bertz CT molecular complexity index is 2840. The van der Waals surface area contributed by atoms with Gasteiger partial charge in [0.1, 0.15) is 25.4 Å². The third kappa shape index (κ3) is 93.5. The second-order valence-electron chi connectivity index (χ2n) is 31.4. The summed E-state index contributed by atoms with van der Waals surface area (Å²) in [5.41, 5.74) is 0. The van der Waals surface area contributed by atoms with Gasteiger partial charge in [-0.15, -0.1) is 0 Å². The molecule has 0 fully saturated rings. The third-order valence-electron chi connectivity index (χ3n) is 19.9. The minimum absolute atomic E-state index is 0.0929. The van der Waals surface area contributed by atoms with Crippen LogP contribution < -0.4 is 0 Å². The monoisotopic (exact) mass is 1700 g/mol. The van der Waals surface area contributed by atoms with Gasteiger partial charge in [0.25, 0.3) is 0 Å². The summed E-state index contributed by atoms with van der Waals surface area (Å²) in [7, 11) is -9.82. The minimum Gasteiger partial charge on any atom is -0.463 e. The fraction of sp³-hybridized carbons (Fsp3) is 0.693. The Labute approximate surface area is 726 Å². The topological polar surface area (TPSA) is 231 Å². The fourth-order valence-corrected chi connectivity index (χ4v) is 14.4. The Balaban J connectivity index is 4.65. The fourth-order valence-electron chi connectivity index (χ4n) is 12.8. The molecule has 0 heterocycles. The van der Waals surface area contributed by atoms with Crippen LogP contribution in [0.3, 0.4) is 0 Å². The largest absolute Gasteiger partial charge is 0.472 e. The van der Waals surface area contributed by atoms with Crippen LogP contribution in [0.15, 0.2) is 170 Å². The average Bonchev–Trinajstić information content (AvgIpc) is 0.891. The van der Waals surface area contributed by atoms with E-state index in [0.29, 0.717) is 19.3 Å². The molecular formula is C101H172O16P2. The molecule has 0 rings (SSSR count). The van der Waals surface area contributed by atoms with Crippen molar-refractivity contribution in [2.45, 2.75) is 411 Å². The second kappa shape index (κ2) is 92.1. The zero-order chi connectivity index (χ0) is 86.5. The Kier molecular flexibility index (Phi) is 88.2. The van der Waals surface area contributed by atoms with Crippen molar-refractivity contribution in [1.82, 2.24) is 0 Å².